The molecule has 2 saturated heterocycles. The maximum absolute atomic E-state index is 11.6. The molecule has 0 aromatic carbocycles. The Balaban J connectivity index is 1.81. The quantitative estimate of drug-likeness (QED) is 0.592. The van der Waals surface area contributed by atoms with Gasteiger partial charge in [-0.3, -0.25) is 4.84 Å². The van der Waals surface area contributed by atoms with Gasteiger partial charge in [0.15, 0.2) is 5.60 Å². The molecule has 0 aromatic rings. The van der Waals surface area contributed by atoms with E-state index in [0.717, 1.165) is 31.4 Å². The summed E-state index contributed by atoms with van der Waals surface area (Å²) in [5, 5.41) is 2.05. The second-order valence-corrected chi connectivity index (χ2v) is 5.27. The van der Waals surface area contributed by atoms with E-state index in [4.69, 9.17) is 9.57 Å². The molecule has 3 heterocycles. The van der Waals surface area contributed by atoms with Gasteiger partial charge in [0.2, 0.25) is 0 Å². The molecule has 4 rings (SSSR count). The summed E-state index contributed by atoms with van der Waals surface area (Å²) in [7, 11) is 0. The molecule has 0 N–H and O–H groups in total. The molecule has 0 amide bonds. The number of esters is 1. The van der Waals surface area contributed by atoms with Crippen molar-refractivity contribution in [1.29, 1.82) is 0 Å². The predicted octanol–water partition coefficient (Wildman–Crippen LogP) is 1.34. The van der Waals surface area contributed by atoms with Crippen LogP contribution in [0.5, 0.6) is 0 Å². The minimum Gasteiger partial charge on any atom is -0.449 e. The number of nitrogens with zero attached hydrogens (tertiary/aromatic N) is 1. The van der Waals surface area contributed by atoms with E-state index in [1.54, 1.807) is 6.08 Å². The number of fused-ring (bicyclic) bond motifs is 2. The molecule has 0 radical (unpaired) electrons. The van der Waals surface area contributed by atoms with Crippen LogP contribution in [0.1, 0.15) is 25.7 Å². The van der Waals surface area contributed by atoms with Gasteiger partial charge in [-0.05, 0) is 12.8 Å². The molecule has 3 atom stereocenters. The second kappa shape index (κ2) is 3.21. The van der Waals surface area contributed by atoms with E-state index < -0.39 is 5.60 Å². The van der Waals surface area contributed by atoms with Gasteiger partial charge in [0.1, 0.15) is 6.10 Å². The average Bonchev–Trinajstić information content (AvgIpc) is 2.65. The summed E-state index contributed by atoms with van der Waals surface area (Å²) in [6.07, 6.45) is 9.93. The van der Waals surface area contributed by atoms with Crippen molar-refractivity contribution in [2.45, 2.75) is 43.4 Å². The van der Waals surface area contributed by atoms with E-state index in [-0.39, 0.29) is 18.1 Å². The molecule has 1 spiro atoms. The summed E-state index contributed by atoms with van der Waals surface area (Å²) in [6.45, 7) is 0.946. The zero-order valence-electron chi connectivity index (χ0n) is 9.59. The number of rotatable bonds is 0. The zero-order chi connectivity index (χ0) is 11.5. The first-order chi connectivity index (χ1) is 8.28. The molecule has 4 aliphatic rings. The highest BCUT2D eigenvalue weighted by Gasteiger charge is 2.57. The normalized spacial score (nSPS) is 43.8. The van der Waals surface area contributed by atoms with Crippen LogP contribution in [0, 0.1) is 0 Å². The highest BCUT2D eigenvalue weighted by molar-refractivity contribution is 5.88. The van der Waals surface area contributed by atoms with Crippen LogP contribution in [0.15, 0.2) is 23.8 Å². The highest BCUT2D eigenvalue weighted by Crippen LogP contribution is 2.48. The fraction of sp³-hybridized carbons (Fsp3) is 0.615. The van der Waals surface area contributed by atoms with Gasteiger partial charge >= 0.3 is 5.97 Å². The van der Waals surface area contributed by atoms with Gasteiger partial charge in [-0.1, -0.05) is 18.6 Å². The second-order valence-electron chi connectivity index (χ2n) is 5.27. The first kappa shape index (κ1) is 9.85. The minimum absolute atomic E-state index is 0.0624. The van der Waals surface area contributed by atoms with Crippen molar-refractivity contribution in [2.75, 3.05) is 6.54 Å². The van der Waals surface area contributed by atoms with Gasteiger partial charge in [-0.25, -0.2) is 4.79 Å². The van der Waals surface area contributed by atoms with Crippen LogP contribution >= 0.6 is 0 Å². The molecular weight excluding hydrogens is 218 g/mol. The van der Waals surface area contributed by atoms with E-state index in [0.29, 0.717) is 0 Å². The van der Waals surface area contributed by atoms with Crippen LogP contribution < -0.4 is 0 Å². The molecule has 0 aromatic heterocycles. The molecule has 90 valence electrons. The van der Waals surface area contributed by atoms with Crippen LogP contribution in [0.2, 0.25) is 0 Å². The molecule has 1 aliphatic carbocycles. The Morgan fingerprint density at radius 2 is 2.35 bits per heavy atom. The smallest absolute Gasteiger partial charge is 0.332 e. The van der Waals surface area contributed by atoms with Crippen LogP contribution in [-0.4, -0.2) is 35.3 Å². The maximum atomic E-state index is 11.6. The van der Waals surface area contributed by atoms with Crippen LogP contribution in [0.3, 0.4) is 0 Å². The molecule has 3 aliphatic heterocycles. The van der Waals surface area contributed by atoms with Crippen LogP contribution in [-0.2, 0) is 14.4 Å². The molecule has 4 heteroatoms. The Morgan fingerprint density at radius 1 is 1.41 bits per heavy atom. The average molecular weight is 233 g/mol. The van der Waals surface area contributed by atoms with Crippen molar-refractivity contribution in [3.05, 3.63) is 23.8 Å². The number of carbonyl (C=O) groups is 1. The van der Waals surface area contributed by atoms with Gasteiger partial charge in [0.25, 0.3) is 0 Å². The monoisotopic (exact) mass is 233 g/mol. The SMILES string of the molecule is O=C1C=C2C=C[C@@H]3C[C@@]2(O1)[C@@H]1CCCCN1O3. The van der Waals surface area contributed by atoms with Gasteiger partial charge in [-0.15, -0.1) is 0 Å². The number of hydrogen-bond acceptors (Lipinski definition) is 4. The first-order valence-electron chi connectivity index (χ1n) is 6.35. The van der Waals surface area contributed by atoms with Gasteiger partial charge in [-0.2, -0.15) is 5.06 Å². The fourth-order valence-corrected chi connectivity index (χ4v) is 3.58. The summed E-state index contributed by atoms with van der Waals surface area (Å²) in [4.78, 5) is 17.5. The maximum Gasteiger partial charge on any atom is 0.332 e. The van der Waals surface area contributed by atoms with E-state index >= 15 is 0 Å². The third-order valence-corrected chi connectivity index (χ3v) is 4.30. The van der Waals surface area contributed by atoms with E-state index in [9.17, 15) is 4.79 Å². The lowest BCUT2D eigenvalue weighted by molar-refractivity contribution is -0.291. The highest BCUT2D eigenvalue weighted by atomic mass is 16.7. The Labute approximate surface area is 99.8 Å². The zero-order valence-corrected chi connectivity index (χ0v) is 9.59. The lowest BCUT2D eigenvalue weighted by Crippen LogP contribution is -2.63. The lowest BCUT2D eigenvalue weighted by Gasteiger charge is -2.52. The van der Waals surface area contributed by atoms with Gasteiger partial charge in [0.05, 0.1) is 6.04 Å². The topological polar surface area (TPSA) is 38.8 Å². The lowest BCUT2D eigenvalue weighted by atomic mass is 9.74. The molecule has 17 heavy (non-hydrogen) atoms. The van der Waals surface area contributed by atoms with Crippen LogP contribution in [0.25, 0.3) is 0 Å². The van der Waals surface area contributed by atoms with Crippen molar-refractivity contribution in [3.63, 3.8) is 0 Å². The molecule has 4 nitrogen and oxygen atoms in total. The summed E-state index contributed by atoms with van der Waals surface area (Å²) in [6, 6.07) is 0.204. The molecule has 0 unspecified atom stereocenters. The van der Waals surface area contributed by atoms with Crippen molar-refractivity contribution in [3.8, 4) is 0 Å². The number of piperidine rings is 1. The Kier molecular flexibility index (Phi) is 1.86. The van der Waals surface area contributed by atoms with Gasteiger partial charge in [0, 0.05) is 24.6 Å². The summed E-state index contributed by atoms with van der Waals surface area (Å²) >= 11 is 0. The summed E-state index contributed by atoms with van der Waals surface area (Å²) in [5.41, 5.74) is 0.619. The fourth-order valence-electron chi connectivity index (χ4n) is 3.58. The number of hydroxylamine groups is 2. The van der Waals surface area contributed by atoms with Crippen molar-refractivity contribution >= 4 is 5.97 Å². The van der Waals surface area contributed by atoms with Crippen LogP contribution in [0.4, 0.5) is 0 Å². The summed E-state index contributed by atoms with van der Waals surface area (Å²) in [5.74, 6) is -0.197. The van der Waals surface area contributed by atoms with E-state index in [2.05, 4.69) is 0 Å². The Morgan fingerprint density at radius 3 is 3.29 bits per heavy atom. The first-order valence-corrected chi connectivity index (χ1v) is 6.35. The van der Waals surface area contributed by atoms with Crippen molar-refractivity contribution < 1.29 is 14.4 Å². The predicted molar refractivity (Wildman–Crippen MR) is 59.9 cm³/mol. The van der Waals surface area contributed by atoms with Crippen molar-refractivity contribution in [2.24, 2.45) is 0 Å². The molecule has 2 fully saturated rings. The molecule has 2 bridgehead atoms. The standard InChI is InChI=1S/C13H15NO3/c15-12-7-9-4-5-10-8-13(9,16-12)11-3-1-2-6-14(11)17-10/h4-5,7,10-11H,1-3,6,8H2/t10-,11+,13+/m1/s1. The number of hydrogen-bond donors (Lipinski definition) is 0. The molecular formula is C13H15NO3. The van der Waals surface area contributed by atoms with Crippen molar-refractivity contribution in [1.82, 2.24) is 5.06 Å². The number of carbonyl (C=O) groups excluding carboxylic acids is 1. The minimum atomic E-state index is -0.421. The Bertz CT molecular complexity index is 442. The van der Waals surface area contributed by atoms with E-state index in [1.165, 1.54) is 6.42 Å². The third-order valence-electron chi connectivity index (χ3n) is 4.30. The Hall–Kier alpha value is -1.13. The number of ether oxygens (including phenoxy) is 1. The molecule has 0 saturated carbocycles. The largest absolute Gasteiger partial charge is 0.449 e. The van der Waals surface area contributed by atoms with Gasteiger partial charge < -0.3 is 4.74 Å². The third kappa shape index (κ3) is 1.22. The summed E-state index contributed by atoms with van der Waals surface area (Å²) < 4.78 is 5.69. The van der Waals surface area contributed by atoms with E-state index in [1.807, 2.05) is 17.2 Å².